The summed E-state index contributed by atoms with van der Waals surface area (Å²) in [6.07, 6.45) is 2.22. The molecule has 0 aliphatic heterocycles. The number of esters is 1. The van der Waals surface area contributed by atoms with Gasteiger partial charge in [0.15, 0.2) is 0 Å². The van der Waals surface area contributed by atoms with Crippen LogP contribution >= 0.6 is 0 Å². The lowest BCUT2D eigenvalue weighted by molar-refractivity contribution is -0.139. The quantitative estimate of drug-likeness (QED) is 0.625. The van der Waals surface area contributed by atoms with E-state index in [1.807, 2.05) is 30.3 Å². The van der Waals surface area contributed by atoms with E-state index < -0.39 is 12.1 Å². The second kappa shape index (κ2) is 6.66. The molecule has 3 nitrogen and oxygen atoms in total. The van der Waals surface area contributed by atoms with Crippen molar-refractivity contribution in [3.63, 3.8) is 0 Å². The summed E-state index contributed by atoms with van der Waals surface area (Å²) in [6.45, 7) is 5.49. The van der Waals surface area contributed by atoms with Crippen molar-refractivity contribution in [2.75, 3.05) is 6.61 Å². The van der Waals surface area contributed by atoms with Gasteiger partial charge in [0.2, 0.25) is 0 Å². The molecule has 1 N–H and O–H groups in total. The van der Waals surface area contributed by atoms with Gasteiger partial charge < -0.3 is 9.84 Å². The van der Waals surface area contributed by atoms with Gasteiger partial charge in [0, 0.05) is 0 Å². The van der Waals surface area contributed by atoms with E-state index in [4.69, 9.17) is 4.74 Å². The third-order valence-electron chi connectivity index (χ3n) is 2.17. The Balaban J connectivity index is 2.60. The van der Waals surface area contributed by atoms with Crippen molar-refractivity contribution in [1.82, 2.24) is 0 Å². The van der Waals surface area contributed by atoms with E-state index in [-0.39, 0.29) is 12.2 Å². The largest absolute Gasteiger partial charge is 0.463 e. The van der Waals surface area contributed by atoms with Crippen LogP contribution in [-0.2, 0) is 9.53 Å². The van der Waals surface area contributed by atoms with Gasteiger partial charge in [-0.05, 0) is 12.5 Å². The maximum Gasteiger partial charge on any atom is 0.336 e. The van der Waals surface area contributed by atoms with E-state index >= 15 is 0 Å². The highest BCUT2D eigenvalue weighted by Crippen LogP contribution is 2.07. The molecule has 1 atom stereocenters. The number of aliphatic hydroxyl groups excluding tert-OH is 1. The standard InChI is InChI=1S/C14H16O3/c1-3-17-14(16)11(2)13(15)10-9-12-7-5-4-6-8-12/h4-10,13,15H,2-3H2,1H3/t13-/m1/s1. The van der Waals surface area contributed by atoms with Crippen LogP contribution in [0.5, 0.6) is 0 Å². The maximum absolute atomic E-state index is 11.3. The van der Waals surface area contributed by atoms with E-state index in [2.05, 4.69) is 6.58 Å². The molecule has 3 heteroatoms. The molecule has 1 aromatic rings. The van der Waals surface area contributed by atoms with Crippen molar-refractivity contribution in [3.05, 3.63) is 54.1 Å². The smallest absolute Gasteiger partial charge is 0.336 e. The minimum absolute atomic E-state index is 0.0408. The average Bonchev–Trinajstić information content (AvgIpc) is 2.36. The fourth-order valence-electron chi connectivity index (χ4n) is 1.23. The molecule has 1 aromatic carbocycles. The first-order valence-corrected chi connectivity index (χ1v) is 5.42. The molecule has 0 aliphatic rings. The number of benzene rings is 1. The topological polar surface area (TPSA) is 46.5 Å². The average molecular weight is 232 g/mol. The van der Waals surface area contributed by atoms with Gasteiger partial charge in [0.1, 0.15) is 6.10 Å². The summed E-state index contributed by atoms with van der Waals surface area (Å²) < 4.78 is 4.74. The van der Waals surface area contributed by atoms with Gasteiger partial charge in [-0.15, -0.1) is 0 Å². The van der Waals surface area contributed by atoms with Gasteiger partial charge in [-0.3, -0.25) is 0 Å². The van der Waals surface area contributed by atoms with E-state index in [9.17, 15) is 9.90 Å². The van der Waals surface area contributed by atoms with E-state index in [1.165, 1.54) is 6.08 Å². The summed E-state index contributed by atoms with van der Waals surface area (Å²) >= 11 is 0. The minimum atomic E-state index is -1.02. The Bertz CT molecular complexity index is 407. The third kappa shape index (κ3) is 4.25. The molecular formula is C14H16O3. The molecule has 0 fully saturated rings. The minimum Gasteiger partial charge on any atom is -0.463 e. The Morgan fingerprint density at radius 2 is 2.12 bits per heavy atom. The van der Waals surface area contributed by atoms with Crippen molar-refractivity contribution >= 4 is 12.0 Å². The lowest BCUT2D eigenvalue weighted by Gasteiger charge is -2.08. The van der Waals surface area contributed by atoms with E-state index in [1.54, 1.807) is 13.0 Å². The summed E-state index contributed by atoms with van der Waals surface area (Å²) in [5.41, 5.74) is 0.988. The Kier molecular flexibility index (Phi) is 5.17. The molecule has 0 spiro atoms. The molecule has 0 saturated carbocycles. The fraction of sp³-hybridized carbons (Fsp3) is 0.214. The number of ether oxygens (including phenoxy) is 1. The summed E-state index contributed by atoms with van der Waals surface area (Å²) in [4.78, 5) is 11.3. The van der Waals surface area contributed by atoms with Crippen molar-refractivity contribution in [1.29, 1.82) is 0 Å². The number of carbonyl (C=O) groups is 1. The summed E-state index contributed by atoms with van der Waals surface area (Å²) in [6, 6.07) is 9.50. The molecule has 0 heterocycles. The molecule has 0 aromatic heterocycles. The molecule has 0 saturated heterocycles. The van der Waals surface area contributed by atoms with Crippen molar-refractivity contribution < 1.29 is 14.6 Å². The predicted octanol–water partition coefficient (Wildman–Crippen LogP) is 2.18. The molecule has 17 heavy (non-hydrogen) atoms. The second-order valence-electron chi connectivity index (χ2n) is 3.46. The zero-order chi connectivity index (χ0) is 12.7. The number of aliphatic hydroxyl groups is 1. The second-order valence-corrected chi connectivity index (χ2v) is 3.46. The van der Waals surface area contributed by atoms with Crippen LogP contribution in [0.3, 0.4) is 0 Å². The molecule has 0 aliphatic carbocycles. The first-order chi connectivity index (χ1) is 8.15. The maximum atomic E-state index is 11.3. The van der Waals surface area contributed by atoms with Crippen LogP contribution in [0, 0.1) is 0 Å². The fourth-order valence-corrected chi connectivity index (χ4v) is 1.23. The van der Waals surface area contributed by atoms with Gasteiger partial charge in [-0.2, -0.15) is 0 Å². The van der Waals surface area contributed by atoms with E-state index in [0.717, 1.165) is 5.56 Å². The zero-order valence-electron chi connectivity index (χ0n) is 9.80. The highest BCUT2D eigenvalue weighted by molar-refractivity contribution is 5.89. The lowest BCUT2D eigenvalue weighted by atomic mass is 10.1. The van der Waals surface area contributed by atoms with Crippen LogP contribution in [-0.4, -0.2) is 23.8 Å². The number of hydrogen-bond donors (Lipinski definition) is 1. The Labute approximate surface area is 101 Å². The Morgan fingerprint density at radius 1 is 1.47 bits per heavy atom. The number of hydrogen-bond acceptors (Lipinski definition) is 3. The molecular weight excluding hydrogens is 216 g/mol. The van der Waals surface area contributed by atoms with Crippen molar-refractivity contribution in [3.8, 4) is 0 Å². The SMILES string of the molecule is C=C(C(=O)OCC)[C@H](O)C=Cc1ccccc1. The van der Waals surface area contributed by atoms with Gasteiger partial charge in [-0.1, -0.05) is 49.1 Å². The van der Waals surface area contributed by atoms with Gasteiger partial charge >= 0.3 is 5.97 Å². The first kappa shape index (κ1) is 13.2. The Hall–Kier alpha value is -1.87. The summed E-state index contributed by atoms with van der Waals surface area (Å²) in [5.74, 6) is -0.572. The van der Waals surface area contributed by atoms with Crippen molar-refractivity contribution in [2.45, 2.75) is 13.0 Å². The van der Waals surface area contributed by atoms with Crippen LogP contribution in [0.15, 0.2) is 48.6 Å². The third-order valence-corrected chi connectivity index (χ3v) is 2.17. The highest BCUT2D eigenvalue weighted by Gasteiger charge is 2.14. The molecule has 0 amide bonds. The van der Waals surface area contributed by atoms with Crippen LogP contribution in [0.4, 0.5) is 0 Å². The van der Waals surface area contributed by atoms with Crippen LogP contribution < -0.4 is 0 Å². The monoisotopic (exact) mass is 232 g/mol. The molecule has 0 bridgehead atoms. The molecule has 90 valence electrons. The van der Waals surface area contributed by atoms with Crippen LogP contribution in [0.2, 0.25) is 0 Å². The van der Waals surface area contributed by atoms with Gasteiger partial charge in [0.05, 0.1) is 12.2 Å². The summed E-state index contributed by atoms with van der Waals surface area (Å²) in [5, 5.41) is 9.69. The predicted molar refractivity (Wildman–Crippen MR) is 67.3 cm³/mol. The first-order valence-electron chi connectivity index (χ1n) is 5.42. The van der Waals surface area contributed by atoms with E-state index in [0.29, 0.717) is 0 Å². The van der Waals surface area contributed by atoms with Crippen LogP contribution in [0.25, 0.3) is 6.08 Å². The van der Waals surface area contributed by atoms with Gasteiger partial charge in [-0.25, -0.2) is 4.79 Å². The molecule has 1 rings (SSSR count). The molecule has 0 unspecified atom stereocenters. The highest BCUT2D eigenvalue weighted by atomic mass is 16.5. The zero-order valence-corrected chi connectivity index (χ0v) is 9.80. The van der Waals surface area contributed by atoms with Gasteiger partial charge in [0.25, 0.3) is 0 Å². The number of carbonyl (C=O) groups excluding carboxylic acids is 1. The lowest BCUT2D eigenvalue weighted by Crippen LogP contribution is -2.17. The number of rotatable bonds is 5. The Morgan fingerprint density at radius 3 is 2.71 bits per heavy atom. The molecule has 0 radical (unpaired) electrons. The van der Waals surface area contributed by atoms with Crippen LogP contribution in [0.1, 0.15) is 12.5 Å². The van der Waals surface area contributed by atoms with Crippen molar-refractivity contribution in [2.24, 2.45) is 0 Å². The normalized spacial score (nSPS) is 12.4. The summed E-state index contributed by atoms with van der Waals surface area (Å²) in [7, 11) is 0.